The number of carbonyl (C=O) groups is 2. The third kappa shape index (κ3) is 4.17. The number of nitriles is 2. The lowest BCUT2D eigenvalue weighted by Gasteiger charge is -2.36. The molecule has 10 nitrogen and oxygen atoms in total. The number of piperidine rings is 1. The van der Waals surface area contributed by atoms with Crippen LogP contribution in [0.15, 0.2) is 36.8 Å². The van der Waals surface area contributed by atoms with Gasteiger partial charge < -0.3 is 5.32 Å². The quantitative estimate of drug-likeness (QED) is 0.519. The second-order valence-electron chi connectivity index (χ2n) is 10.2. The Balaban J connectivity index is 1.11. The van der Waals surface area contributed by atoms with Crippen LogP contribution in [-0.2, 0) is 4.79 Å². The molecule has 3 heterocycles. The third-order valence-corrected chi connectivity index (χ3v) is 8.07. The van der Waals surface area contributed by atoms with Gasteiger partial charge in [0, 0.05) is 47.7 Å². The number of benzene rings is 1. The lowest BCUT2D eigenvalue weighted by atomic mass is 9.74. The van der Waals surface area contributed by atoms with Crippen LogP contribution >= 0.6 is 11.6 Å². The van der Waals surface area contributed by atoms with E-state index in [0.717, 1.165) is 17.5 Å². The maximum Gasteiger partial charge on any atom is 0.256 e. The zero-order valence-electron chi connectivity index (χ0n) is 20.5. The van der Waals surface area contributed by atoms with Crippen LogP contribution in [0.3, 0.4) is 0 Å². The second kappa shape index (κ2) is 9.23. The number of rotatable bonds is 6. The van der Waals surface area contributed by atoms with Crippen LogP contribution in [0, 0.1) is 34.5 Å². The van der Waals surface area contributed by atoms with E-state index in [2.05, 4.69) is 26.5 Å². The smallest absolute Gasteiger partial charge is 0.256 e. The van der Waals surface area contributed by atoms with Gasteiger partial charge in [-0.3, -0.25) is 19.2 Å². The molecular weight excluding hydrogens is 504 g/mol. The Bertz CT molecular complexity index is 1530. The van der Waals surface area contributed by atoms with E-state index in [1.807, 2.05) is 19.1 Å². The molecule has 1 N–H and O–H groups in total. The van der Waals surface area contributed by atoms with Gasteiger partial charge in [0.2, 0.25) is 11.9 Å². The number of amides is 2. The molecule has 11 heteroatoms. The number of hydrogen-bond acceptors (Lipinski definition) is 7. The molecular formula is C27H23ClN8O2. The van der Waals surface area contributed by atoms with Gasteiger partial charge in [0.05, 0.1) is 23.2 Å². The molecule has 190 valence electrons. The summed E-state index contributed by atoms with van der Waals surface area (Å²) in [6, 6.07) is 9.01. The van der Waals surface area contributed by atoms with E-state index in [0.29, 0.717) is 41.8 Å². The number of nitrogens with one attached hydrogen (secondary N) is 1. The number of fused-ring (bicyclic) bond motifs is 1. The van der Waals surface area contributed by atoms with Gasteiger partial charge in [-0.1, -0.05) is 11.6 Å². The van der Waals surface area contributed by atoms with E-state index < -0.39 is 0 Å². The molecule has 3 aromatic rings. The fourth-order valence-corrected chi connectivity index (χ4v) is 5.54. The van der Waals surface area contributed by atoms with Gasteiger partial charge in [-0.15, -0.1) is 0 Å². The fourth-order valence-electron chi connectivity index (χ4n) is 5.36. The lowest BCUT2D eigenvalue weighted by Crippen LogP contribution is -2.43. The highest BCUT2D eigenvalue weighted by molar-refractivity contribution is 6.30. The van der Waals surface area contributed by atoms with E-state index in [1.165, 1.54) is 0 Å². The molecule has 2 aromatic heterocycles. The number of aromatic nitrogens is 4. The minimum absolute atomic E-state index is 0.0336. The van der Waals surface area contributed by atoms with Crippen molar-refractivity contribution in [3.05, 3.63) is 69.8 Å². The molecule has 1 unspecified atom stereocenters. The van der Waals surface area contributed by atoms with E-state index in [1.54, 1.807) is 40.3 Å². The molecule has 6 rings (SSSR count). The van der Waals surface area contributed by atoms with Crippen LogP contribution in [-0.4, -0.2) is 44.1 Å². The molecule has 38 heavy (non-hydrogen) atoms. The van der Waals surface area contributed by atoms with Crippen molar-refractivity contribution in [2.75, 3.05) is 11.4 Å². The lowest BCUT2D eigenvalue weighted by molar-refractivity contribution is -0.118. The molecule has 3 aliphatic rings. The van der Waals surface area contributed by atoms with Crippen molar-refractivity contribution in [2.45, 2.75) is 44.2 Å². The van der Waals surface area contributed by atoms with Gasteiger partial charge in [0.1, 0.15) is 6.07 Å². The molecule has 2 amide bonds. The molecule has 0 spiro atoms. The molecule has 1 aromatic carbocycles. The summed E-state index contributed by atoms with van der Waals surface area (Å²) in [7, 11) is 0. The summed E-state index contributed by atoms with van der Waals surface area (Å²) < 4.78 is 1.55. The first kappa shape index (κ1) is 24.1. The summed E-state index contributed by atoms with van der Waals surface area (Å²) in [5.74, 6) is 0.820. The van der Waals surface area contributed by atoms with Crippen molar-refractivity contribution in [2.24, 2.45) is 11.8 Å². The van der Waals surface area contributed by atoms with Gasteiger partial charge in [-0.2, -0.15) is 15.6 Å². The topological polar surface area (TPSA) is 141 Å². The predicted octanol–water partition coefficient (Wildman–Crippen LogP) is 3.34. The van der Waals surface area contributed by atoms with Gasteiger partial charge in [-0.05, 0) is 61.8 Å². The van der Waals surface area contributed by atoms with Crippen LogP contribution in [0.2, 0.25) is 5.02 Å². The standard InChI is InChI=1S/C27H23ClN8O2/c1-14(18-10-31-27(32-11-18)35-12-17-6-22(17)26(35)38)36-13-23(24(9-30)34-36)25(37)33-20-4-16(5-20)21-7-19(28)3-2-15(21)8-29/h2-3,7,10-11,13-14,16-17,20,22H,4-6,12H2,1H3,(H,33,37)/t14?,16?,17-,20?,22-/m1/s1. The van der Waals surface area contributed by atoms with E-state index >= 15 is 0 Å². The van der Waals surface area contributed by atoms with Crippen molar-refractivity contribution in [3.63, 3.8) is 0 Å². The zero-order valence-corrected chi connectivity index (χ0v) is 21.3. The van der Waals surface area contributed by atoms with E-state index in [4.69, 9.17) is 11.6 Å². The Morgan fingerprint density at radius 1 is 1.18 bits per heavy atom. The first-order valence-corrected chi connectivity index (χ1v) is 12.9. The maximum atomic E-state index is 13.0. The number of hydrogen-bond donors (Lipinski definition) is 1. The Morgan fingerprint density at radius 2 is 1.95 bits per heavy atom. The highest BCUT2D eigenvalue weighted by Crippen LogP contribution is 2.46. The maximum absolute atomic E-state index is 13.0. The largest absolute Gasteiger partial charge is 0.349 e. The van der Waals surface area contributed by atoms with E-state index in [-0.39, 0.29) is 47.0 Å². The summed E-state index contributed by atoms with van der Waals surface area (Å²) in [6.45, 7) is 2.54. The zero-order chi connectivity index (χ0) is 26.6. The Labute approximate surface area is 223 Å². The van der Waals surface area contributed by atoms with Crippen molar-refractivity contribution < 1.29 is 9.59 Å². The molecule has 0 bridgehead atoms. The van der Waals surface area contributed by atoms with Gasteiger partial charge >= 0.3 is 0 Å². The highest BCUT2D eigenvalue weighted by atomic mass is 35.5. The number of nitrogens with zero attached hydrogens (tertiary/aromatic N) is 7. The molecule has 1 aliphatic heterocycles. The molecule has 1 saturated heterocycles. The average molecular weight is 527 g/mol. The van der Waals surface area contributed by atoms with Crippen LogP contribution < -0.4 is 10.2 Å². The van der Waals surface area contributed by atoms with Crippen LogP contribution in [0.5, 0.6) is 0 Å². The summed E-state index contributed by atoms with van der Waals surface area (Å²) in [4.78, 5) is 35.7. The molecule has 2 saturated carbocycles. The first-order valence-electron chi connectivity index (χ1n) is 12.5. The van der Waals surface area contributed by atoms with Gasteiger partial charge in [-0.25, -0.2) is 9.97 Å². The minimum Gasteiger partial charge on any atom is -0.349 e. The van der Waals surface area contributed by atoms with Crippen molar-refractivity contribution in [1.29, 1.82) is 10.5 Å². The highest BCUT2D eigenvalue weighted by Gasteiger charge is 2.53. The Morgan fingerprint density at radius 3 is 2.61 bits per heavy atom. The van der Waals surface area contributed by atoms with Crippen LogP contribution in [0.1, 0.15) is 70.9 Å². The number of anilines is 1. The van der Waals surface area contributed by atoms with Crippen molar-refractivity contribution >= 4 is 29.4 Å². The molecule has 2 aliphatic carbocycles. The minimum atomic E-state index is -0.368. The van der Waals surface area contributed by atoms with Gasteiger partial charge in [0.15, 0.2) is 5.69 Å². The Hall–Kier alpha value is -4.28. The second-order valence-corrected chi connectivity index (χ2v) is 10.6. The predicted molar refractivity (Wildman–Crippen MR) is 136 cm³/mol. The van der Waals surface area contributed by atoms with Crippen molar-refractivity contribution in [1.82, 2.24) is 25.1 Å². The normalized spacial score (nSPS) is 24.1. The summed E-state index contributed by atoms with van der Waals surface area (Å²) >= 11 is 6.11. The molecule has 0 radical (unpaired) electrons. The van der Waals surface area contributed by atoms with Crippen LogP contribution in [0.25, 0.3) is 0 Å². The SMILES string of the molecule is CC(c1cnc(N2C[C@H]3C[C@H]3C2=O)nc1)n1cc(C(=O)NC2CC(c3cc(Cl)ccc3C#N)C2)c(C#N)n1. The summed E-state index contributed by atoms with van der Waals surface area (Å²) in [5, 5.41) is 26.9. The fraction of sp³-hybridized carbons (Fsp3) is 0.370. The monoisotopic (exact) mass is 526 g/mol. The third-order valence-electron chi connectivity index (χ3n) is 7.83. The number of carbonyl (C=O) groups excluding carboxylic acids is 2. The molecule has 3 atom stereocenters. The summed E-state index contributed by atoms with van der Waals surface area (Å²) in [6.07, 6.45) is 7.18. The van der Waals surface area contributed by atoms with Crippen LogP contribution in [0.4, 0.5) is 5.95 Å². The number of halogens is 1. The average Bonchev–Trinajstić information content (AvgIpc) is 3.42. The van der Waals surface area contributed by atoms with Gasteiger partial charge in [0.25, 0.3) is 5.91 Å². The Kier molecular flexibility index (Phi) is 5.85. The van der Waals surface area contributed by atoms with Crippen molar-refractivity contribution in [3.8, 4) is 12.1 Å². The summed E-state index contributed by atoms with van der Waals surface area (Å²) in [5.41, 5.74) is 2.45. The first-order chi connectivity index (χ1) is 18.4. The van der Waals surface area contributed by atoms with E-state index in [9.17, 15) is 20.1 Å². The molecule has 3 fully saturated rings.